The quantitative estimate of drug-likeness (QED) is 0.866. The average Bonchev–Trinajstić information content (AvgIpc) is 2.37. The zero-order valence-corrected chi connectivity index (χ0v) is 9.53. The number of hydrogen-bond donors (Lipinski definition) is 1. The first-order valence-electron chi connectivity index (χ1n) is 5.25. The molecule has 1 aromatic carbocycles. The second-order valence-electron chi connectivity index (χ2n) is 3.69. The van der Waals surface area contributed by atoms with Gasteiger partial charge in [0.15, 0.2) is 23.3 Å². The number of benzene rings is 1. The van der Waals surface area contributed by atoms with Crippen molar-refractivity contribution >= 4 is 11.7 Å². The monoisotopic (exact) mass is 267 g/mol. The SMILES string of the molecule is O=C(Cc1cc(F)c(F)c(F)c1)Nc1cnccn1. The highest BCUT2D eigenvalue weighted by molar-refractivity contribution is 5.91. The van der Waals surface area contributed by atoms with Gasteiger partial charge in [-0.3, -0.25) is 9.78 Å². The highest BCUT2D eigenvalue weighted by atomic mass is 19.2. The maximum Gasteiger partial charge on any atom is 0.229 e. The number of hydrogen-bond acceptors (Lipinski definition) is 3. The number of rotatable bonds is 3. The summed E-state index contributed by atoms with van der Waals surface area (Å²) in [7, 11) is 0. The van der Waals surface area contributed by atoms with Gasteiger partial charge in [0, 0.05) is 12.4 Å². The minimum absolute atomic E-state index is 0.0257. The lowest BCUT2D eigenvalue weighted by Crippen LogP contribution is -2.15. The minimum Gasteiger partial charge on any atom is -0.309 e. The van der Waals surface area contributed by atoms with Crippen molar-refractivity contribution in [3.8, 4) is 0 Å². The topological polar surface area (TPSA) is 54.9 Å². The molecule has 0 saturated heterocycles. The molecule has 0 unspecified atom stereocenters. The van der Waals surface area contributed by atoms with Crippen LogP contribution in [0.25, 0.3) is 0 Å². The maximum absolute atomic E-state index is 12.9. The first kappa shape index (κ1) is 13.0. The van der Waals surface area contributed by atoms with Crippen molar-refractivity contribution < 1.29 is 18.0 Å². The zero-order chi connectivity index (χ0) is 13.8. The summed E-state index contributed by atoms with van der Waals surface area (Å²) in [4.78, 5) is 19.1. The highest BCUT2D eigenvalue weighted by Crippen LogP contribution is 2.14. The number of anilines is 1. The summed E-state index contributed by atoms with van der Waals surface area (Å²) in [5.41, 5.74) is 0.0257. The van der Waals surface area contributed by atoms with Crippen LogP contribution in [-0.4, -0.2) is 15.9 Å². The van der Waals surface area contributed by atoms with Gasteiger partial charge in [-0.05, 0) is 17.7 Å². The van der Waals surface area contributed by atoms with Gasteiger partial charge < -0.3 is 5.32 Å². The Hall–Kier alpha value is -2.44. The predicted molar refractivity (Wildman–Crippen MR) is 60.7 cm³/mol. The van der Waals surface area contributed by atoms with E-state index in [-0.39, 0.29) is 17.8 Å². The molecule has 1 aromatic heterocycles. The molecule has 0 aliphatic carbocycles. The molecule has 0 saturated carbocycles. The predicted octanol–water partition coefficient (Wildman–Crippen LogP) is 2.08. The molecule has 98 valence electrons. The van der Waals surface area contributed by atoms with E-state index in [9.17, 15) is 18.0 Å². The number of nitrogens with zero attached hydrogens (tertiary/aromatic N) is 2. The van der Waals surface area contributed by atoms with Crippen LogP contribution < -0.4 is 5.32 Å². The molecule has 1 N–H and O–H groups in total. The lowest BCUT2D eigenvalue weighted by molar-refractivity contribution is -0.115. The molecule has 1 heterocycles. The Balaban J connectivity index is 2.07. The summed E-state index contributed by atoms with van der Waals surface area (Å²) in [6.45, 7) is 0. The summed E-state index contributed by atoms with van der Waals surface area (Å²) >= 11 is 0. The second kappa shape index (κ2) is 5.47. The Labute approximate surface area is 106 Å². The lowest BCUT2D eigenvalue weighted by Gasteiger charge is -2.05. The van der Waals surface area contributed by atoms with Gasteiger partial charge in [0.2, 0.25) is 5.91 Å². The van der Waals surface area contributed by atoms with Gasteiger partial charge in [0.05, 0.1) is 12.6 Å². The van der Waals surface area contributed by atoms with Crippen LogP contribution in [0.4, 0.5) is 19.0 Å². The Morgan fingerprint density at radius 1 is 1.16 bits per heavy atom. The molecule has 0 aliphatic heterocycles. The molecule has 0 atom stereocenters. The van der Waals surface area contributed by atoms with Crippen molar-refractivity contribution in [3.05, 3.63) is 53.7 Å². The van der Waals surface area contributed by atoms with Crippen LogP contribution in [-0.2, 0) is 11.2 Å². The molecule has 1 amide bonds. The van der Waals surface area contributed by atoms with Crippen LogP contribution in [0.15, 0.2) is 30.7 Å². The van der Waals surface area contributed by atoms with E-state index in [0.717, 1.165) is 12.1 Å². The van der Waals surface area contributed by atoms with E-state index in [1.165, 1.54) is 18.6 Å². The van der Waals surface area contributed by atoms with Gasteiger partial charge >= 0.3 is 0 Å². The second-order valence-corrected chi connectivity index (χ2v) is 3.69. The summed E-state index contributed by atoms with van der Waals surface area (Å²) in [6.07, 6.45) is 3.83. The smallest absolute Gasteiger partial charge is 0.229 e. The van der Waals surface area contributed by atoms with E-state index >= 15 is 0 Å². The summed E-state index contributed by atoms with van der Waals surface area (Å²) in [5, 5.41) is 2.39. The van der Waals surface area contributed by atoms with E-state index in [2.05, 4.69) is 15.3 Å². The van der Waals surface area contributed by atoms with Crippen LogP contribution in [0.2, 0.25) is 0 Å². The fourth-order valence-corrected chi connectivity index (χ4v) is 1.45. The van der Waals surface area contributed by atoms with Crippen LogP contribution >= 0.6 is 0 Å². The number of carbonyl (C=O) groups is 1. The number of nitrogens with one attached hydrogen (secondary N) is 1. The molecular formula is C12H8F3N3O. The third-order valence-corrected chi connectivity index (χ3v) is 2.24. The summed E-state index contributed by atoms with van der Waals surface area (Å²) in [6, 6.07) is 1.54. The minimum atomic E-state index is -1.56. The molecular weight excluding hydrogens is 259 g/mol. The number of halogens is 3. The first-order chi connectivity index (χ1) is 9.06. The maximum atomic E-state index is 12.9. The van der Waals surface area contributed by atoms with Crippen molar-refractivity contribution in [2.75, 3.05) is 5.32 Å². The molecule has 2 aromatic rings. The van der Waals surface area contributed by atoms with Gasteiger partial charge in [-0.15, -0.1) is 0 Å². The van der Waals surface area contributed by atoms with Crippen molar-refractivity contribution in [3.63, 3.8) is 0 Å². The van der Waals surface area contributed by atoms with Crippen molar-refractivity contribution in [2.45, 2.75) is 6.42 Å². The van der Waals surface area contributed by atoms with Crippen LogP contribution in [0.3, 0.4) is 0 Å². The van der Waals surface area contributed by atoms with Gasteiger partial charge in [-0.25, -0.2) is 18.2 Å². The highest BCUT2D eigenvalue weighted by Gasteiger charge is 2.13. The molecule has 0 radical (unpaired) electrons. The number of amides is 1. The first-order valence-corrected chi connectivity index (χ1v) is 5.25. The van der Waals surface area contributed by atoms with Crippen molar-refractivity contribution in [1.29, 1.82) is 0 Å². The molecule has 0 aliphatic rings. The van der Waals surface area contributed by atoms with E-state index in [4.69, 9.17) is 0 Å². The van der Waals surface area contributed by atoms with Crippen LogP contribution in [0, 0.1) is 17.5 Å². The Morgan fingerprint density at radius 2 is 1.84 bits per heavy atom. The number of carbonyl (C=O) groups excluding carboxylic acids is 1. The largest absolute Gasteiger partial charge is 0.309 e. The van der Waals surface area contributed by atoms with E-state index in [0.29, 0.717) is 0 Å². The third-order valence-electron chi connectivity index (χ3n) is 2.24. The van der Waals surface area contributed by atoms with E-state index < -0.39 is 23.4 Å². The fraction of sp³-hybridized carbons (Fsp3) is 0.0833. The molecule has 2 rings (SSSR count). The molecule has 7 heteroatoms. The Morgan fingerprint density at radius 3 is 2.42 bits per heavy atom. The molecule has 0 fully saturated rings. The average molecular weight is 267 g/mol. The summed E-state index contributed by atoms with van der Waals surface area (Å²) < 4.78 is 38.6. The van der Waals surface area contributed by atoms with Crippen molar-refractivity contribution in [2.24, 2.45) is 0 Å². The van der Waals surface area contributed by atoms with Crippen LogP contribution in [0.5, 0.6) is 0 Å². The van der Waals surface area contributed by atoms with E-state index in [1.807, 2.05) is 0 Å². The van der Waals surface area contributed by atoms with Gasteiger partial charge in [0.25, 0.3) is 0 Å². The van der Waals surface area contributed by atoms with Gasteiger partial charge in [-0.1, -0.05) is 0 Å². The van der Waals surface area contributed by atoms with Gasteiger partial charge in [0.1, 0.15) is 0 Å². The molecule has 4 nitrogen and oxygen atoms in total. The Bertz CT molecular complexity index is 581. The number of aromatic nitrogens is 2. The van der Waals surface area contributed by atoms with Crippen molar-refractivity contribution in [1.82, 2.24) is 9.97 Å². The molecule has 19 heavy (non-hydrogen) atoms. The van der Waals surface area contributed by atoms with E-state index in [1.54, 1.807) is 0 Å². The van der Waals surface area contributed by atoms with Gasteiger partial charge in [-0.2, -0.15) is 0 Å². The lowest BCUT2D eigenvalue weighted by atomic mass is 10.1. The summed E-state index contributed by atoms with van der Waals surface area (Å²) in [5.74, 6) is -4.54. The standard InChI is InChI=1S/C12H8F3N3O/c13-8-3-7(4-9(14)12(8)15)5-11(19)18-10-6-16-1-2-17-10/h1-4,6H,5H2,(H,17,18,19). The normalized spacial score (nSPS) is 10.3. The third kappa shape index (κ3) is 3.27. The zero-order valence-electron chi connectivity index (χ0n) is 9.53. The molecule has 0 bridgehead atoms. The Kier molecular flexibility index (Phi) is 3.74. The van der Waals surface area contributed by atoms with Crippen LogP contribution in [0.1, 0.15) is 5.56 Å². The molecule has 0 spiro atoms. The fourth-order valence-electron chi connectivity index (χ4n) is 1.45.